The van der Waals surface area contributed by atoms with E-state index in [2.05, 4.69) is 10.6 Å². The Morgan fingerprint density at radius 3 is 2.10 bits per heavy atom. The number of carbonyl (C=O) groups is 4. The van der Waals surface area contributed by atoms with Gasteiger partial charge in [0, 0.05) is 18.9 Å². The smallest absolute Gasteiger partial charge is 0.326 e. The van der Waals surface area contributed by atoms with Gasteiger partial charge in [-0.25, -0.2) is 4.79 Å². The first-order valence-electron chi connectivity index (χ1n) is 13.6. The van der Waals surface area contributed by atoms with Gasteiger partial charge in [-0.15, -0.1) is 0 Å². The Hall–Kier alpha value is -3.72. The molecule has 2 aromatic carbocycles. The number of hydrogen-bond donors (Lipinski definition) is 4. The summed E-state index contributed by atoms with van der Waals surface area (Å²) >= 11 is 0. The molecule has 0 aliphatic rings. The van der Waals surface area contributed by atoms with E-state index in [4.69, 9.17) is 10.5 Å². The summed E-state index contributed by atoms with van der Waals surface area (Å²) in [4.78, 5) is 48.7. The molecule has 2 rings (SSSR count). The highest BCUT2D eigenvalue weighted by atomic mass is 16.5. The number of carbonyl (C=O) groups excluding carboxylic acids is 3. The predicted octanol–water partition coefficient (Wildman–Crippen LogP) is 3.45. The Kier molecular flexibility index (Phi) is 13.7. The van der Waals surface area contributed by atoms with Crippen molar-refractivity contribution in [3.8, 4) is 11.1 Å². The maximum absolute atomic E-state index is 12.8. The van der Waals surface area contributed by atoms with Gasteiger partial charge in [0.2, 0.25) is 11.8 Å². The zero-order valence-electron chi connectivity index (χ0n) is 22.9. The van der Waals surface area contributed by atoms with Crippen molar-refractivity contribution in [2.75, 3.05) is 13.2 Å². The van der Waals surface area contributed by atoms with Crippen LogP contribution in [0.4, 0.5) is 0 Å². The lowest BCUT2D eigenvalue weighted by atomic mass is 9.94. The Labute approximate surface area is 230 Å². The quantitative estimate of drug-likeness (QED) is 0.178. The SMILES string of the molecule is CCOC(=O)C(C)CC(Cc1ccc(-c2ccccc2)cc1)NC(=O)CCC(=O)NC(CCCCN)C(=O)O. The topological polar surface area (TPSA) is 148 Å². The van der Waals surface area contributed by atoms with Crippen molar-refractivity contribution in [3.05, 3.63) is 60.2 Å². The molecule has 212 valence electrons. The van der Waals surface area contributed by atoms with Crippen LogP contribution in [-0.4, -0.2) is 54.1 Å². The van der Waals surface area contributed by atoms with Crippen LogP contribution in [-0.2, 0) is 30.3 Å². The van der Waals surface area contributed by atoms with Gasteiger partial charge in [-0.3, -0.25) is 14.4 Å². The number of hydrogen-bond acceptors (Lipinski definition) is 6. The lowest BCUT2D eigenvalue weighted by molar-refractivity contribution is -0.148. The molecule has 2 amide bonds. The van der Waals surface area contributed by atoms with Crippen LogP contribution >= 0.6 is 0 Å². The number of carboxylic acids is 1. The van der Waals surface area contributed by atoms with Gasteiger partial charge in [-0.05, 0) is 62.3 Å². The van der Waals surface area contributed by atoms with Crippen molar-refractivity contribution in [3.63, 3.8) is 0 Å². The van der Waals surface area contributed by atoms with Crippen LogP contribution < -0.4 is 16.4 Å². The molecule has 0 fully saturated rings. The number of ether oxygens (including phenoxy) is 1. The second kappa shape index (κ2) is 17.0. The van der Waals surface area contributed by atoms with E-state index in [0.29, 0.717) is 32.2 Å². The third-order valence-corrected chi connectivity index (χ3v) is 6.39. The fraction of sp³-hybridized carbons (Fsp3) is 0.467. The Balaban J connectivity index is 1.99. The minimum absolute atomic E-state index is 0.0990. The van der Waals surface area contributed by atoms with Crippen molar-refractivity contribution >= 4 is 23.8 Å². The highest BCUT2D eigenvalue weighted by Gasteiger charge is 2.23. The summed E-state index contributed by atoms with van der Waals surface area (Å²) in [5, 5.41) is 14.8. The zero-order chi connectivity index (χ0) is 28.6. The lowest BCUT2D eigenvalue weighted by Crippen LogP contribution is -2.42. The van der Waals surface area contributed by atoms with Gasteiger partial charge in [0.15, 0.2) is 0 Å². The number of aliphatic carboxylic acids is 1. The van der Waals surface area contributed by atoms with Crippen LogP contribution in [0.1, 0.15) is 57.9 Å². The highest BCUT2D eigenvalue weighted by molar-refractivity contribution is 5.87. The van der Waals surface area contributed by atoms with Crippen LogP contribution in [0, 0.1) is 5.92 Å². The third kappa shape index (κ3) is 11.7. The number of unbranched alkanes of at least 4 members (excludes halogenated alkanes) is 1. The molecule has 9 nitrogen and oxygen atoms in total. The first-order chi connectivity index (χ1) is 18.7. The van der Waals surface area contributed by atoms with Gasteiger partial charge in [0.05, 0.1) is 12.5 Å². The van der Waals surface area contributed by atoms with Crippen molar-refractivity contribution < 1.29 is 29.0 Å². The van der Waals surface area contributed by atoms with E-state index >= 15 is 0 Å². The molecule has 0 saturated carbocycles. The summed E-state index contributed by atoms with van der Waals surface area (Å²) in [6.45, 7) is 4.24. The van der Waals surface area contributed by atoms with E-state index in [0.717, 1.165) is 16.7 Å². The molecular formula is C30H41N3O6. The van der Waals surface area contributed by atoms with Gasteiger partial charge in [0.25, 0.3) is 0 Å². The molecule has 0 aliphatic heterocycles. The first-order valence-corrected chi connectivity index (χ1v) is 13.6. The standard InChI is InChI=1S/C30H41N3O6/c1-3-39-30(38)21(2)19-25(20-22-12-14-24(15-13-22)23-9-5-4-6-10-23)32-27(34)16-17-28(35)33-26(29(36)37)11-7-8-18-31/h4-6,9-10,12-15,21,25-26H,3,7-8,11,16-20,31H2,1-2H3,(H,32,34)(H,33,35)(H,36,37). The van der Waals surface area contributed by atoms with E-state index in [1.165, 1.54) is 0 Å². The largest absolute Gasteiger partial charge is 0.480 e. The van der Waals surface area contributed by atoms with Crippen LogP contribution in [0.25, 0.3) is 11.1 Å². The number of nitrogens with two attached hydrogens (primary N) is 1. The van der Waals surface area contributed by atoms with E-state index in [9.17, 15) is 24.3 Å². The molecule has 3 unspecified atom stereocenters. The molecule has 2 aromatic rings. The van der Waals surface area contributed by atoms with Gasteiger partial charge < -0.3 is 26.2 Å². The normalized spacial score (nSPS) is 13.1. The van der Waals surface area contributed by atoms with Crippen molar-refractivity contribution in [2.24, 2.45) is 11.7 Å². The molecule has 39 heavy (non-hydrogen) atoms. The highest BCUT2D eigenvalue weighted by Crippen LogP contribution is 2.21. The summed E-state index contributed by atoms with van der Waals surface area (Å²) in [5.74, 6) is -2.71. The van der Waals surface area contributed by atoms with E-state index < -0.39 is 23.8 Å². The van der Waals surface area contributed by atoms with Crippen LogP contribution in [0.15, 0.2) is 54.6 Å². The average molecular weight is 540 g/mol. The number of benzene rings is 2. The fourth-order valence-corrected chi connectivity index (χ4v) is 4.29. The number of carboxylic acid groups (broad SMARTS) is 1. The second-order valence-electron chi connectivity index (χ2n) is 9.66. The molecule has 0 saturated heterocycles. The zero-order valence-corrected chi connectivity index (χ0v) is 22.9. The first kappa shape index (κ1) is 31.5. The molecule has 9 heteroatoms. The molecule has 0 aromatic heterocycles. The number of nitrogens with one attached hydrogen (secondary N) is 2. The number of amides is 2. The Bertz CT molecular complexity index is 1060. The molecule has 3 atom stereocenters. The number of esters is 1. The van der Waals surface area contributed by atoms with Gasteiger partial charge in [-0.1, -0.05) is 61.5 Å². The summed E-state index contributed by atoms with van der Waals surface area (Å²) < 4.78 is 5.14. The van der Waals surface area contributed by atoms with Gasteiger partial charge in [-0.2, -0.15) is 0 Å². The number of rotatable bonds is 17. The van der Waals surface area contributed by atoms with Gasteiger partial charge in [0.1, 0.15) is 6.04 Å². The van der Waals surface area contributed by atoms with Crippen LogP contribution in [0.2, 0.25) is 0 Å². The molecule has 0 heterocycles. The molecule has 0 bridgehead atoms. The predicted molar refractivity (Wildman–Crippen MR) is 150 cm³/mol. The summed E-state index contributed by atoms with van der Waals surface area (Å²) in [7, 11) is 0. The monoisotopic (exact) mass is 539 g/mol. The molecule has 0 spiro atoms. The Morgan fingerprint density at radius 2 is 1.51 bits per heavy atom. The van der Waals surface area contributed by atoms with Crippen LogP contribution in [0.3, 0.4) is 0 Å². The third-order valence-electron chi connectivity index (χ3n) is 6.39. The van der Waals surface area contributed by atoms with Crippen molar-refractivity contribution in [2.45, 2.75) is 70.9 Å². The van der Waals surface area contributed by atoms with E-state index in [1.807, 2.05) is 54.6 Å². The second-order valence-corrected chi connectivity index (χ2v) is 9.66. The van der Waals surface area contributed by atoms with Crippen molar-refractivity contribution in [1.29, 1.82) is 0 Å². The summed E-state index contributed by atoms with van der Waals surface area (Å²) in [6, 6.07) is 16.7. The minimum Gasteiger partial charge on any atom is -0.480 e. The van der Waals surface area contributed by atoms with E-state index in [1.54, 1.807) is 13.8 Å². The average Bonchev–Trinajstić information content (AvgIpc) is 2.92. The van der Waals surface area contributed by atoms with Crippen LogP contribution in [0.5, 0.6) is 0 Å². The molecule has 0 radical (unpaired) electrons. The maximum Gasteiger partial charge on any atom is 0.326 e. The molecule has 0 aliphatic carbocycles. The maximum atomic E-state index is 12.8. The fourth-order valence-electron chi connectivity index (χ4n) is 4.29. The summed E-state index contributed by atoms with van der Waals surface area (Å²) in [5.41, 5.74) is 8.63. The molecular weight excluding hydrogens is 498 g/mol. The van der Waals surface area contributed by atoms with E-state index in [-0.39, 0.29) is 43.8 Å². The summed E-state index contributed by atoms with van der Waals surface area (Å²) in [6.07, 6.45) is 2.17. The lowest BCUT2D eigenvalue weighted by Gasteiger charge is -2.22. The minimum atomic E-state index is -1.11. The van der Waals surface area contributed by atoms with Gasteiger partial charge >= 0.3 is 11.9 Å². The van der Waals surface area contributed by atoms with Crippen molar-refractivity contribution in [1.82, 2.24) is 10.6 Å². The molecule has 5 N–H and O–H groups in total. The Morgan fingerprint density at radius 1 is 0.897 bits per heavy atom.